The molecule has 2 rings (SSSR count). The minimum Gasteiger partial charge on any atom is -0.379 e. The fourth-order valence-electron chi connectivity index (χ4n) is 3.43. The molecule has 1 heterocycles. The topological polar surface area (TPSA) is 58.6 Å². The molecule has 26 heavy (non-hydrogen) atoms. The van der Waals surface area contributed by atoms with Crippen molar-refractivity contribution in [2.24, 2.45) is 0 Å². The molecular formula is C20H34N2O3S. The van der Waals surface area contributed by atoms with Crippen molar-refractivity contribution >= 4 is 10.0 Å². The number of nitrogens with zero attached hydrogens (tertiary/aromatic N) is 1. The zero-order valence-corrected chi connectivity index (χ0v) is 18.1. The molecule has 0 unspecified atom stereocenters. The molecule has 0 bridgehead atoms. The molecular weight excluding hydrogens is 348 g/mol. The van der Waals surface area contributed by atoms with Crippen molar-refractivity contribution in [2.45, 2.75) is 64.3 Å². The molecule has 0 atom stereocenters. The van der Waals surface area contributed by atoms with Crippen LogP contribution in [-0.2, 0) is 20.2 Å². The summed E-state index contributed by atoms with van der Waals surface area (Å²) in [5.41, 5.74) is 2.48. The van der Waals surface area contributed by atoms with Crippen molar-refractivity contribution < 1.29 is 13.2 Å². The Morgan fingerprint density at radius 3 is 2.00 bits per heavy atom. The standard InChI is InChI=1S/C20H34N2O3S/c1-15-12-17(19(3,4)5)13-16(2)18(15)26(23,24)21-14-20(6,7)22-8-10-25-11-9-22/h12-13,21H,8-11,14H2,1-7H3. The van der Waals surface area contributed by atoms with Gasteiger partial charge in [-0.15, -0.1) is 0 Å². The Hall–Kier alpha value is -0.950. The van der Waals surface area contributed by atoms with Gasteiger partial charge in [0.25, 0.3) is 0 Å². The number of rotatable bonds is 5. The van der Waals surface area contributed by atoms with Gasteiger partial charge in [-0.3, -0.25) is 4.90 Å². The monoisotopic (exact) mass is 382 g/mol. The minimum absolute atomic E-state index is 0.0104. The fraction of sp³-hybridized carbons (Fsp3) is 0.700. The normalized spacial score (nSPS) is 17.5. The highest BCUT2D eigenvalue weighted by molar-refractivity contribution is 7.89. The molecule has 5 nitrogen and oxygen atoms in total. The highest BCUT2D eigenvalue weighted by Crippen LogP contribution is 2.29. The Bertz CT molecular complexity index is 720. The molecule has 1 aliphatic heterocycles. The number of hydrogen-bond acceptors (Lipinski definition) is 4. The lowest BCUT2D eigenvalue weighted by atomic mass is 9.85. The first kappa shape index (κ1) is 21.4. The summed E-state index contributed by atoms with van der Waals surface area (Å²) in [6.07, 6.45) is 0. The van der Waals surface area contributed by atoms with E-state index in [-0.39, 0.29) is 11.0 Å². The van der Waals surface area contributed by atoms with E-state index in [1.165, 1.54) is 0 Å². The summed E-state index contributed by atoms with van der Waals surface area (Å²) in [5.74, 6) is 0. The number of nitrogens with one attached hydrogen (secondary N) is 1. The lowest BCUT2D eigenvalue weighted by molar-refractivity contribution is -0.00803. The third-order valence-electron chi connectivity index (χ3n) is 5.16. The summed E-state index contributed by atoms with van der Waals surface area (Å²) in [7, 11) is -3.56. The molecule has 6 heteroatoms. The van der Waals surface area contributed by atoms with Crippen LogP contribution in [-0.4, -0.2) is 51.7 Å². The van der Waals surface area contributed by atoms with E-state index >= 15 is 0 Å². The molecule has 0 spiro atoms. The van der Waals surface area contributed by atoms with Gasteiger partial charge >= 0.3 is 0 Å². The van der Waals surface area contributed by atoms with Crippen molar-refractivity contribution in [3.63, 3.8) is 0 Å². The van der Waals surface area contributed by atoms with Gasteiger partial charge in [-0.25, -0.2) is 13.1 Å². The van der Waals surface area contributed by atoms with Crippen LogP contribution in [0.15, 0.2) is 17.0 Å². The zero-order valence-electron chi connectivity index (χ0n) is 17.3. The highest BCUT2D eigenvalue weighted by atomic mass is 32.2. The van der Waals surface area contributed by atoms with Crippen LogP contribution >= 0.6 is 0 Å². The van der Waals surface area contributed by atoms with Crippen molar-refractivity contribution in [1.82, 2.24) is 9.62 Å². The van der Waals surface area contributed by atoms with Crippen LogP contribution in [0, 0.1) is 13.8 Å². The predicted octanol–water partition coefficient (Wildman–Crippen LogP) is 2.99. The van der Waals surface area contributed by atoms with Gasteiger partial charge in [-0.05, 0) is 49.8 Å². The number of morpholine rings is 1. The van der Waals surface area contributed by atoms with Crippen molar-refractivity contribution in [3.05, 3.63) is 28.8 Å². The molecule has 0 saturated carbocycles. The van der Waals surface area contributed by atoms with Crippen LogP contribution < -0.4 is 4.72 Å². The fourth-order valence-corrected chi connectivity index (χ4v) is 5.08. The maximum Gasteiger partial charge on any atom is 0.241 e. The SMILES string of the molecule is Cc1cc(C(C)(C)C)cc(C)c1S(=O)(=O)NCC(C)(C)N1CCOCC1. The van der Waals surface area contributed by atoms with Crippen LogP contribution in [0.5, 0.6) is 0 Å². The van der Waals surface area contributed by atoms with Gasteiger partial charge in [0.1, 0.15) is 0 Å². The molecule has 0 radical (unpaired) electrons. The molecule has 0 amide bonds. The second kappa shape index (κ2) is 7.58. The number of aryl methyl sites for hydroxylation is 2. The maximum absolute atomic E-state index is 13.0. The van der Waals surface area contributed by atoms with Gasteiger partial charge in [-0.1, -0.05) is 32.9 Å². The lowest BCUT2D eigenvalue weighted by Gasteiger charge is -2.40. The van der Waals surface area contributed by atoms with E-state index in [1.807, 2.05) is 26.0 Å². The van der Waals surface area contributed by atoms with Crippen LogP contribution in [0.4, 0.5) is 0 Å². The van der Waals surface area contributed by atoms with Crippen molar-refractivity contribution in [3.8, 4) is 0 Å². The van der Waals surface area contributed by atoms with E-state index in [1.54, 1.807) is 0 Å². The van der Waals surface area contributed by atoms with Crippen LogP contribution in [0.2, 0.25) is 0 Å². The van der Waals surface area contributed by atoms with Crippen molar-refractivity contribution in [1.29, 1.82) is 0 Å². The lowest BCUT2D eigenvalue weighted by Crippen LogP contribution is -2.55. The first-order valence-corrected chi connectivity index (χ1v) is 10.8. The first-order valence-electron chi connectivity index (χ1n) is 9.29. The van der Waals surface area contributed by atoms with E-state index in [2.05, 4.69) is 44.2 Å². The number of sulfonamides is 1. The maximum atomic E-state index is 13.0. The largest absolute Gasteiger partial charge is 0.379 e. The third-order valence-corrected chi connectivity index (χ3v) is 6.86. The molecule has 0 aliphatic carbocycles. The molecule has 1 N–H and O–H groups in total. The summed E-state index contributed by atoms with van der Waals surface area (Å²) in [4.78, 5) is 2.69. The smallest absolute Gasteiger partial charge is 0.241 e. The molecule has 1 fully saturated rings. The Labute approximate surface area is 159 Å². The minimum atomic E-state index is -3.56. The molecule has 1 aromatic carbocycles. The molecule has 1 saturated heterocycles. The van der Waals surface area contributed by atoms with E-state index in [0.29, 0.717) is 24.7 Å². The van der Waals surface area contributed by atoms with Gasteiger partial charge in [0.05, 0.1) is 18.1 Å². The average Bonchev–Trinajstić information content (AvgIpc) is 2.52. The Morgan fingerprint density at radius 1 is 1.04 bits per heavy atom. The van der Waals surface area contributed by atoms with E-state index < -0.39 is 10.0 Å². The Balaban J connectivity index is 2.22. The summed E-state index contributed by atoms with van der Waals surface area (Å²) in [6, 6.07) is 3.99. The second-order valence-electron chi connectivity index (χ2n) is 8.93. The van der Waals surface area contributed by atoms with E-state index in [9.17, 15) is 8.42 Å². The van der Waals surface area contributed by atoms with Crippen LogP contribution in [0.1, 0.15) is 51.3 Å². The Kier molecular flexibility index (Phi) is 6.23. The summed E-state index contributed by atoms with van der Waals surface area (Å²) in [6.45, 7) is 17.7. The van der Waals surface area contributed by atoms with Crippen LogP contribution in [0.3, 0.4) is 0 Å². The van der Waals surface area contributed by atoms with Gasteiger partial charge in [-0.2, -0.15) is 0 Å². The van der Waals surface area contributed by atoms with Crippen molar-refractivity contribution in [2.75, 3.05) is 32.8 Å². The van der Waals surface area contributed by atoms with Gasteiger partial charge < -0.3 is 4.74 Å². The number of benzene rings is 1. The van der Waals surface area contributed by atoms with Gasteiger partial charge in [0.2, 0.25) is 10.0 Å². The first-order chi connectivity index (χ1) is 11.8. The number of ether oxygens (including phenoxy) is 1. The molecule has 1 aliphatic rings. The van der Waals surface area contributed by atoms with E-state index in [0.717, 1.165) is 29.8 Å². The predicted molar refractivity (Wildman–Crippen MR) is 106 cm³/mol. The molecule has 0 aromatic heterocycles. The van der Waals surface area contributed by atoms with E-state index in [4.69, 9.17) is 4.74 Å². The summed E-state index contributed by atoms with van der Waals surface area (Å²) < 4.78 is 34.3. The average molecular weight is 383 g/mol. The van der Waals surface area contributed by atoms with Gasteiger partial charge in [0, 0.05) is 25.2 Å². The summed E-state index contributed by atoms with van der Waals surface area (Å²) in [5, 5.41) is 0. The quantitative estimate of drug-likeness (QED) is 0.850. The second-order valence-corrected chi connectivity index (χ2v) is 10.6. The zero-order chi connectivity index (χ0) is 19.8. The Morgan fingerprint density at radius 2 is 1.54 bits per heavy atom. The van der Waals surface area contributed by atoms with Crippen LogP contribution in [0.25, 0.3) is 0 Å². The third kappa shape index (κ3) is 4.85. The highest BCUT2D eigenvalue weighted by Gasteiger charge is 2.31. The number of hydrogen-bond donors (Lipinski definition) is 1. The van der Waals surface area contributed by atoms with Gasteiger partial charge in [0.15, 0.2) is 0 Å². The molecule has 1 aromatic rings. The molecule has 148 valence electrons. The summed E-state index contributed by atoms with van der Waals surface area (Å²) >= 11 is 0.